The summed E-state index contributed by atoms with van der Waals surface area (Å²) in [6.45, 7) is 0. The summed E-state index contributed by atoms with van der Waals surface area (Å²) in [5.41, 5.74) is -0.00177. The smallest absolute Gasteiger partial charge is 0.290 e. The maximum Gasteiger partial charge on any atom is 0.290 e. The fourth-order valence-corrected chi connectivity index (χ4v) is 1.52. The molecule has 3 nitrogen and oxygen atoms in total. The van der Waals surface area contributed by atoms with Crippen LogP contribution in [0, 0.1) is 0 Å². The van der Waals surface area contributed by atoms with Crippen molar-refractivity contribution in [3.8, 4) is 5.75 Å². The fraction of sp³-hybridized carbons (Fsp3) is 0. The van der Waals surface area contributed by atoms with Gasteiger partial charge in [0.05, 0.1) is 15.6 Å². The van der Waals surface area contributed by atoms with E-state index in [0.29, 0.717) is 20.9 Å². The average Bonchev–Trinajstić information content (AvgIpc) is 2.11. The topological polar surface area (TPSA) is 53.1 Å². The molecule has 0 saturated heterocycles. The van der Waals surface area contributed by atoms with E-state index in [0.717, 1.165) is 0 Å². The fourth-order valence-electron chi connectivity index (χ4n) is 1.19. The third kappa shape index (κ3) is 1.45. The van der Waals surface area contributed by atoms with E-state index in [9.17, 15) is 4.79 Å². The predicted octanol–water partition coefficient (Wildman–Crippen LogP) is 2.54. The molecule has 5 heteroatoms. The van der Waals surface area contributed by atoms with Gasteiger partial charge < -0.3 is 10.1 Å². The van der Waals surface area contributed by atoms with E-state index < -0.39 is 5.56 Å². The highest BCUT2D eigenvalue weighted by molar-refractivity contribution is 6.42. The van der Waals surface area contributed by atoms with Crippen molar-refractivity contribution in [3.05, 3.63) is 38.6 Å². The maximum absolute atomic E-state index is 11.0. The Balaban J connectivity index is 2.90. The van der Waals surface area contributed by atoms with Gasteiger partial charge in [-0.2, -0.15) is 0 Å². The Morgan fingerprint density at radius 2 is 1.79 bits per heavy atom. The van der Waals surface area contributed by atoms with Crippen LogP contribution in [0.15, 0.2) is 23.0 Å². The number of nitrogens with one attached hydrogen (secondary N) is 1. The third-order valence-electron chi connectivity index (χ3n) is 1.87. The zero-order valence-corrected chi connectivity index (χ0v) is 8.36. The van der Waals surface area contributed by atoms with Crippen molar-refractivity contribution in [2.24, 2.45) is 0 Å². The van der Waals surface area contributed by atoms with Crippen molar-refractivity contribution >= 4 is 34.1 Å². The van der Waals surface area contributed by atoms with Gasteiger partial charge in [-0.25, -0.2) is 0 Å². The van der Waals surface area contributed by atoms with Crippen LogP contribution in [0.3, 0.4) is 0 Å². The van der Waals surface area contributed by atoms with Gasteiger partial charge in [-0.1, -0.05) is 23.2 Å². The van der Waals surface area contributed by atoms with Crippen molar-refractivity contribution in [1.29, 1.82) is 0 Å². The van der Waals surface area contributed by atoms with E-state index in [1.165, 1.54) is 6.07 Å². The number of hydrogen-bond donors (Lipinski definition) is 2. The van der Waals surface area contributed by atoms with Crippen LogP contribution >= 0.6 is 23.2 Å². The largest absolute Gasteiger partial charge is 0.503 e. The second kappa shape index (κ2) is 3.19. The van der Waals surface area contributed by atoms with Crippen LogP contribution in [-0.4, -0.2) is 10.1 Å². The summed E-state index contributed by atoms with van der Waals surface area (Å²) < 4.78 is 0. The molecule has 2 N–H and O–H groups in total. The summed E-state index contributed by atoms with van der Waals surface area (Å²) in [7, 11) is 0. The van der Waals surface area contributed by atoms with E-state index >= 15 is 0 Å². The Morgan fingerprint density at radius 1 is 1.14 bits per heavy atom. The van der Waals surface area contributed by atoms with Gasteiger partial charge in [0.1, 0.15) is 0 Å². The molecular formula is C9H5Cl2NO2. The molecule has 72 valence electrons. The number of fused-ring (bicyclic) bond motifs is 1. The number of pyridine rings is 1. The normalized spacial score (nSPS) is 10.7. The van der Waals surface area contributed by atoms with Gasteiger partial charge in [0.25, 0.3) is 5.56 Å². The Labute approximate surface area is 88.9 Å². The van der Waals surface area contributed by atoms with Crippen molar-refractivity contribution in [1.82, 2.24) is 4.98 Å². The van der Waals surface area contributed by atoms with Gasteiger partial charge in [0.15, 0.2) is 5.75 Å². The third-order valence-corrected chi connectivity index (χ3v) is 2.59. The molecule has 2 aromatic rings. The minimum absolute atomic E-state index is 0.337. The highest BCUT2D eigenvalue weighted by Gasteiger charge is 2.04. The molecule has 0 amide bonds. The van der Waals surface area contributed by atoms with Crippen LogP contribution < -0.4 is 5.56 Å². The van der Waals surface area contributed by atoms with Crippen LogP contribution in [0.5, 0.6) is 5.75 Å². The number of aromatic hydroxyl groups is 1. The summed E-state index contributed by atoms with van der Waals surface area (Å²) in [4.78, 5) is 13.5. The maximum atomic E-state index is 11.0. The van der Waals surface area contributed by atoms with Crippen LogP contribution in [0.25, 0.3) is 10.9 Å². The molecule has 0 fully saturated rings. The van der Waals surface area contributed by atoms with Crippen molar-refractivity contribution in [2.75, 3.05) is 0 Å². The van der Waals surface area contributed by atoms with E-state index in [2.05, 4.69) is 4.98 Å². The van der Waals surface area contributed by atoms with Crippen molar-refractivity contribution in [3.63, 3.8) is 0 Å². The minimum atomic E-state index is -0.545. The van der Waals surface area contributed by atoms with Crippen LogP contribution in [0.2, 0.25) is 10.0 Å². The van der Waals surface area contributed by atoms with Crippen molar-refractivity contribution in [2.45, 2.75) is 0 Å². The molecule has 1 heterocycles. The molecular weight excluding hydrogens is 225 g/mol. The van der Waals surface area contributed by atoms with Crippen LogP contribution in [0.4, 0.5) is 0 Å². The molecule has 0 radical (unpaired) electrons. The van der Waals surface area contributed by atoms with Gasteiger partial charge in [0, 0.05) is 5.39 Å². The summed E-state index contributed by atoms with van der Waals surface area (Å²) in [6.07, 6.45) is 0. The summed E-state index contributed by atoms with van der Waals surface area (Å²) in [5.74, 6) is -0.337. The van der Waals surface area contributed by atoms with E-state index in [4.69, 9.17) is 28.3 Å². The molecule has 0 aliphatic rings. The molecule has 0 aliphatic heterocycles. The highest BCUT2D eigenvalue weighted by Crippen LogP contribution is 2.27. The molecule has 1 aromatic heterocycles. The first kappa shape index (κ1) is 9.37. The Morgan fingerprint density at radius 3 is 2.50 bits per heavy atom. The van der Waals surface area contributed by atoms with Gasteiger partial charge in [-0.3, -0.25) is 4.79 Å². The van der Waals surface area contributed by atoms with E-state index in [1.54, 1.807) is 12.1 Å². The lowest BCUT2D eigenvalue weighted by molar-refractivity contribution is 0.468. The molecule has 1 aromatic carbocycles. The minimum Gasteiger partial charge on any atom is -0.503 e. The Kier molecular flexibility index (Phi) is 2.13. The van der Waals surface area contributed by atoms with Gasteiger partial charge in [-0.05, 0) is 18.2 Å². The lowest BCUT2D eigenvalue weighted by atomic mass is 10.2. The number of benzene rings is 1. The standard InChI is InChI=1S/C9H5Cl2NO2/c10-5-1-4-2-8(13)9(14)12-7(4)3-6(5)11/h1-3,13H,(H,12,14). The van der Waals surface area contributed by atoms with Gasteiger partial charge in [-0.15, -0.1) is 0 Å². The monoisotopic (exact) mass is 229 g/mol. The predicted molar refractivity (Wildman–Crippen MR) is 56.3 cm³/mol. The first-order valence-corrected chi connectivity index (χ1v) is 4.54. The molecule has 2 rings (SSSR count). The average molecular weight is 230 g/mol. The lowest BCUT2D eigenvalue weighted by Crippen LogP contribution is -2.04. The number of H-pyrrole nitrogens is 1. The van der Waals surface area contributed by atoms with Gasteiger partial charge in [0.2, 0.25) is 0 Å². The summed E-state index contributed by atoms with van der Waals surface area (Å²) in [5, 5.41) is 10.5. The van der Waals surface area contributed by atoms with Gasteiger partial charge >= 0.3 is 0 Å². The Hall–Kier alpha value is -1.19. The SMILES string of the molecule is O=c1[nH]c2cc(Cl)c(Cl)cc2cc1O. The first-order chi connectivity index (χ1) is 6.58. The first-order valence-electron chi connectivity index (χ1n) is 3.79. The summed E-state index contributed by atoms with van der Waals surface area (Å²) in [6, 6.07) is 4.46. The number of aromatic amines is 1. The van der Waals surface area contributed by atoms with E-state index in [1.807, 2.05) is 0 Å². The second-order valence-corrected chi connectivity index (χ2v) is 3.65. The molecule has 0 aliphatic carbocycles. The molecule has 14 heavy (non-hydrogen) atoms. The Bertz CT molecular complexity index is 562. The lowest BCUT2D eigenvalue weighted by Gasteiger charge is -2.01. The van der Waals surface area contributed by atoms with Crippen LogP contribution in [-0.2, 0) is 0 Å². The zero-order chi connectivity index (χ0) is 10.3. The molecule has 0 atom stereocenters. The number of hydrogen-bond acceptors (Lipinski definition) is 2. The van der Waals surface area contributed by atoms with E-state index in [-0.39, 0.29) is 5.75 Å². The quantitative estimate of drug-likeness (QED) is 0.730. The number of halogens is 2. The number of rotatable bonds is 0. The summed E-state index contributed by atoms with van der Waals surface area (Å²) >= 11 is 11.5. The molecule has 0 bridgehead atoms. The molecule has 0 spiro atoms. The molecule has 0 unspecified atom stereocenters. The highest BCUT2D eigenvalue weighted by atomic mass is 35.5. The molecule has 0 saturated carbocycles. The van der Waals surface area contributed by atoms with Crippen LogP contribution in [0.1, 0.15) is 0 Å². The van der Waals surface area contributed by atoms with Crippen molar-refractivity contribution < 1.29 is 5.11 Å². The number of aromatic nitrogens is 1. The zero-order valence-electron chi connectivity index (χ0n) is 6.84. The second-order valence-electron chi connectivity index (χ2n) is 2.84.